The van der Waals surface area contributed by atoms with Gasteiger partial charge in [0.15, 0.2) is 10.8 Å². The molecule has 0 radical (unpaired) electrons. The van der Waals surface area contributed by atoms with E-state index in [-0.39, 0.29) is 5.56 Å². The molecule has 0 fully saturated rings. The lowest BCUT2D eigenvalue weighted by atomic mass is 10.1. The molecule has 0 aliphatic heterocycles. The number of hydrogen-bond acceptors (Lipinski definition) is 6. The van der Waals surface area contributed by atoms with Crippen LogP contribution in [-0.4, -0.2) is 30.1 Å². The minimum absolute atomic E-state index is 0.00985. The Hall–Kier alpha value is -3.33. The number of hydrogen-bond donors (Lipinski definition) is 1. The van der Waals surface area contributed by atoms with Crippen molar-refractivity contribution in [2.75, 3.05) is 5.32 Å². The fraction of sp³-hybridized carbons (Fsp3) is 0.118. The number of amides is 1. The summed E-state index contributed by atoms with van der Waals surface area (Å²) in [5.41, 5.74) is 1.89. The van der Waals surface area contributed by atoms with E-state index in [0.29, 0.717) is 16.5 Å². The van der Waals surface area contributed by atoms with Gasteiger partial charge < -0.3 is 9.88 Å². The first-order chi connectivity index (χ1) is 12.6. The molecule has 0 atom stereocenters. The molecule has 130 valence electrons. The summed E-state index contributed by atoms with van der Waals surface area (Å²) in [6, 6.07) is 5.50. The number of nitrogens with one attached hydrogen (secondary N) is 1. The number of anilines is 1. The van der Waals surface area contributed by atoms with Gasteiger partial charge in [0.1, 0.15) is 11.9 Å². The molecule has 9 heteroatoms. The van der Waals surface area contributed by atoms with Crippen LogP contribution in [0.4, 0.5) is 5.69 Å². The van der Waals surface area contributed by atoms with Crippen LogP contribution >= 0.6 is 11.3 Å². The molecule has 1 amide bonds. The van der Waals surface area contributed by atoms with E-state index < -0.39 is 11.5 Å². The molecule has 1 aromatic carbocycles. The second-order valence-corrected chi connectivity index (χ2v) is 6.60. The summed E-state index contributed by atoms with van der Waals surface area (Å²) in [5.74, 6) is 0.196. The maximum Gasteiger partial charge on any atom is 0.271 e. The van der Waals surface area contributed by atoms with Gasteiger partial charge in [0.05, 0.1) is 0 Å². The van der Waals surface area contributed by atoms with Crippen LogP contribution < -0.4 is 10.9 Å². The van der Waals surface area contributed by atoms with Crippen molar-refractivity contribution in [1.82, 2.24) is 24.1 Å². The lowest BCUT2D eigenvalue weighted by Gasteiger charge is -2.12. The van der Waals surface area contributed by atoms with E-state index in [2.05, 4.69) is 20.5 Å². The first-order valence-electron chi connectivity index (χ1n) is 7.76. The van der Waals surface area contributed by atoms with Gasteiger partial charge in [0.2, 0.25) is 0 Å². The second-order valence-electron chi connectivity index (χ2n) is 5.73. The largest absolute Gasteiger partial charge is 0.322 e. The molecule has 0 bridgehead atoms. The number of nitrogens with zero attached hydrogens (tertiary/aromatic N) is 5. The van der Waals surface area contributed by atoms with Crippen molar-refractivity contribution in [2.45, 2.75) is 6.92 Å². The summed E-state index contributed by atoms with van der Waals surface area (Å²) in [7, 11) is 1.85. The van der Waals surface area contributed by atoms with Crippen molar-refractivity contribution >= 4 is 27.9 Å². The number of carbonyl (C=O) groups excluding carboxylic acids is 1. The van der Waals surface area contributed by atoms with Crippen LogP contribution in [0.15, 0.2) is 47.1 Å². The minimum atomic E-state index is -0.499. The number of thiazole rings is 1. The Bertz CT molecular complexity index is 1190. The Labute approximate surface area is 151 Å². The smallest absolute Gasteiger partial charge is 0.271 e. The van der Waals surface area contributed by atoms with Crippen molar-refractivity contribution in [3.8, 4) is 11.4 Å². The number of rotatable bonds is 3. The fourth-order valence-electron chi connectivity index (χ4n) is 2.71. The highest BCUT2D eigenvalue weighted by atomic mass is 32.1. The van der Waals surface area contributed by atoms with Crippen LogP contribution in [0.5, 0.6) is 0 Å². The third-order valence-electron chi connectivity index (χ3n) is 4.12. The monoisotopic (exact) mass is 366 g/mol. The maximum absolute atomic E-state index is 12.6. The van der Waals surface area contributed by atoms with Crippen LogP contribution in [-0.2, 0) is 7.05 Å². The van der Waals surface area contributed by atoms with E-state index in [4.69, 9.17) is 0 Å². The molecule has 8 nitrogen and oxygen atoms in total. The summed E-state index contributed by atoms with van der Waals surface area (Å²) in [6.07, 6.45) is 4.53. The summed E-state index contributed by atoms with van der Waals surface area (Å²) < 4.78 is 3.16. The van der Waals surface area contributed by atoms with E-state index in [1.165, 1.54) is 21.9 Å². The molecule has 26 heavy (non-hydrogen) atoms. The molecule has 3 aromatic heterocycles. The van der Waals surface area contributed by atoms with Gasteiger partial charge in [-0.3, -0.25) is 14.0 Å². The zero-order valence-electron chi connectivity index (χ0n) is 14.0. The molecule has 0 saturated carbocycles. The van der Waals surface area contributed by atoms with Gasteiger partial charge in [-0.25, -0.2) is 4.98 Å². The number of carbonyl (C=O) groups is 1. The molecule has 0 spiro atoms. The van der Waals surface area contributed by atoms with Crippen molar-refractivity contribution in [3.05, 3.63) is 63.8 Å². The van der Waals surface area contributed by atoms with Crippen LogP contribution in [0.1, 0.15) is 15.9 Å². The predicted molar refractivity (Wildman–Crippen MR) is 98.5 cm³/mol. The van der Waals surface area contributed by atoms with Gasteiger partial charge in [0, 0.05) is 36.1 Å². The molecule has 3 heterocycles. The molecule has 0 aliphatic carbocycles. The van der Waals surface area contributed by atoms with Crippen LogP contribution in [0, 0.1) is 6.92 Å². The van der Waals surface area contributed by atoms with Crippen LogP contribution in [0.2, 0.25) is 0 Å². The Morgan fingerprint density at radius 1 is 1.31 bits per heavy atom. The van der Waals surface area contributed by atoms with Gasteiger partial charge in [-0.1, -0.05) is 12.1 Å². The highest BCUT2D eigenvalue weighted by molar-refractivity contribution is 7.15. The van der Waals surface area contributed by atoms with Gasteiger partial charge in [0.25, 0.3) is 11.5 Å². The average Bonchev–Trinajstić information content (AvgIpc) is 3.26. The van der Waals surface area contributed by atoms with Gasteiger partial charge in [-0.2, -0.15) is 0 Å². The molecule has 0 unspecified atom stereocenters. The third kappa shape index (κ3) is 2.58. The molecular formula is C17H14N6O2S. The Morgan fingerprint density at radius 2 is 2.15 bits per heavy atom. The normalized spacial score (nSPS) is 11.0. The van der Waals surface area contributed by atoms with Crippen molar-refractivity contribution in [3.63, 3.8) is 0 Å². The highest BCUT2D eigenvalue weighted by Gasteiger charge is 2.17. The van der Waals surface area contributed by atoms with Gasteiger partial charge in [-0.05, 0) is 18.6 Å². The van der Waals surface area contributed by atoms with E-state index >= 15 is 0 Å². The summed E-state index contributed by atoms with van der Waals surface area (Å²) in [5, 5.41) is 12.5. The van der Waals surface area contributed by atoms with Crippen molar-refractivity contribution < 1.29 is 4.79 Å². The Kier molecular flexibility index (Phi) is 3.85. The number of aromatic nitrogens is 5. The van der Waals surface area contributed by atoms with Crippen LogP contribution in [0.25, 0.3) is 16.3 Å². The Morgan fingerprint density at radius 3 is 2.92 bits per heavy atom. The Balaban J connectivity index is 1.71. The molecule has 4 rings (SSSR count). The quantitative estimate of drug-likeness (QED) is 0.599. The van der Waals surface area contributed by atoms with Crippen molar-refractivity contribution in [1.29, 1.82) is 0 Å². The topological polar surface area (TPSA) is 94.2 Å². The number of benzene rings is 1. The fourth-order valence-corrected chi connectivity index (χ4v) is 3.39. The molecule has 4 aromatic rings. The predicted octanol–water partition coefficient (Wildman–Crippen LogP) is 2.11. The maximum atomic E-state index is 12.6. The zero-order chi connectivity index (χ0) is 18.3. The highest BCUT2D eigenvalue weighted by Crippen LogP contribution is 2.27. The van der Waals surface area contributed by atoms with E-state index in [1.54, 1.807) is 28.5 Å². The minimum Gasteiger partial charge on any atom is -0.322 e. The molecular weight excluding hydrogens is 352 g/mol. The third-order valence-corrected chi connectivity index (χ3v) is 4.89. The lowest BCUT2D eigenvalue weighted by Crippen LogP contribution is -2.26. The molecule has 0 aliphatic rings. The van der Waals surface area contributed by atoms with Gasteiger partial charge in [-0.15, -0.1) is 21.5 Å². The summed E-state index contributed by atoms with van der Waals surface area (Å²) in [4.78, 5) is 29.8. The SMILES string of the molecule is Cc1c(NC(=O)c2cnc3sccn3c2=O)cccc1-c1nncn1C. The zero-order valence-corrected chi connectivity index (χ0v) is 14.8. The first-order valence-corrected chi connectivity index (χ1v) is 8.64. The van der Waals surface area contributed by atoms with E-state index in [1.807, 2.05) is 26.1 Å². The lowest BCUT2D eigenvalue weighted by molar-refractivity contribution is 0.102. The van der Waals surface area contributed by atoms with Crippen LogP contribution in [0.3, 0.4) is 0 Å². The second kappa shape index (κ2) is 6.19. The standard InChI is InChI=1S/C17H14N6O2S/c1-10-11(14-21-19-9-22(14)2)4-3-5-13(10)20-15(24)12-8-18-17-23(16(12)25)6-7-26-17/h3-9H,1-2H3,(H,20,24). The van der Waals surface area contributed by atoms with Crippen molar-refractivity contribution in [2.24, 2.45) is 7.05 Å². The number of fused-ring (bicyclic) bond motifs is 1. The van der Waals surface area contributed by atoms with E-state index in [9.17, 15) is 9.59 Å². The van der Waals surface area contributed by atoms with Gasteiger partial charge >= 0.3 is 0 Å². The summed E-state index contributed by atoms with van der Waals surface area (Å²) in [6.45, 7) is 1.88. The van der Waals surface area contributed by atoms with E-state index in [0.717, 1.165) is 11.1 Å². The summed E-state index contributed by atoms with van der Waals surface area (Å²) >= 11 is 1.34. The first kappa shape index (κ1) is 16.2. The molecule has 0 saturated heterocycles. The average molecular weight is 366 g/mol. The number of aryl methyl sites for hydroxylation is 1. The molecule has 1 N–H and O–H groups in total.